The van der Waals surface area contributed by atoms with Crippen LogP contribution in [0, 0.1) is 20.8 Å². The minimum absolute atomic E-state index is 0. The summed E-state index contributed by atoms with van der Waals surface area (Å²) in [4.78, 5) is -1.05. The fraction of sp³-hybridized carbons (Fsp3) is 0.125. The summed E-state index contributed by atoms with van der Waals surface area (Å²) in [6, 6.07) is 21.3. The first-order valence-corrected chi connectivity index (χ1v) is 16.7. The number of nitrogens with one attached hydrogen (secondary N) is 1. The molecule has 49 heavy (non-hydrogen) atoms. The number of aryl methyl sites for hydroxylation is 3. The molecule has 0 heterocycles. The second-order valence-corrected chi connectivity index (χ2v) is 13.4. The van der Waals surface area contributed by atoms with Crippen molar-refractivity contribution in [3.8, 4) is 11.5 Å². The van der Waals surface area contributed by atoms with Gasteiger partial charge in [0.15, 0.2) is 5.75 Å². The van der Waals surface area contributed by atoms with Crippen LogP contribution in [0.15, 0.2) is 109 Å². The third kappa shape index (κ3) is 9.32. The molecule has 13 nitrogen and oxygen atoms in total. The van der Waals surface area contributed by atoms with Gasteiger partial charge in [0.05, 0.1) is 12.8 Å². The Bertz CT molecular complexity index is 2320. The standard InChI is InChI=1S/C32H29N5O8S2.2Na/c1-18-12-20(3)30(28(13-18)46(39,40)41)36-34-25-17-27(45-4)26(14-19(25)2)35-37-31-29(47(42,43)44)16-21-15-23(10-11-24(21)32(31)38)33-22-8-6-5-7-9-22;;/h5-17,33,38H,1-4H3,(H,39,40,41)(H,42,43,44);;. The van der Waals surface area contributed by atoms with Crippen molar-refractivity contribution in [2.45, 2.75) is 30.6 Å². The number of aromatic hydroxyl groups is 1. The normalized spacial score (nSPS) is 11.8. The van der Waals surface area contributed by atoms with E-state index in [2.05, 4.69) is 25.8 Å². The first-order valence-electron chi connectivity index (χ1n) is 13.9. The first kappa shape index (κ1) is 40.2. The summed E-state index contributed by atoms with van der Waals surface area (Å²) in [5, 5.41) is 31.3. The van der Waals surface area contributed by atoms with Crippen molar-refractivity contribution >= 4 is 124 Å². The number of para-hydroxylation sites is 1. The molecule has 5 rings (SSSR count). The van der Waals surface area contributed by atoms with Crippen molar-refractivity contribution in [3.05, 3.63) is 95.6 Å². The SMILES string of the molecule is COc1cc(N=Nc2c(C)cc(C)cc2S(=O)(=O)O)c(C)cc1N=Nc1c(S(=O)(=O)O)cc2cc(Nc3ccccc3)ccc2c1O.[Na].[Na]. The van der Waals surface area contributed by atoms with E-state index < -0.39 is 36.6 Å². The van der Waals surface area contributed by atoms with E-state index in [0.29, 0.717) is 27.8 Å². The number of rotatable bonds is 9. The molecule has 0 unspecified atom stereocenters. The Hall–Kier alpha value is -3.22. The van der Waals surface area contributed by atoms with Crippen molar-refractivity contribution in [2.24, 2.45) is 20.5 Å². The number of methoxy groups -OCH3 is 1. The molecule has 0 saturated carbocycles. The number of anilines is 2. The molecule has 0 aliphatic carbocycles. The van der Waals surface area contributed by atoms with Gasteiger partial charge >= 0.3 is 0 Å². The minimum Gasteiger partial charge on any atom is -0.505 e. The molecule has 0 fully saturated rings. The number of ether oxygens (including phenoxy) is 1. The van der Waals surface area contributed by atoms with Crippen LogP contribution in [0.4, 0.5) is 34.1 Å². The van der Waals surface area contributed by atoms with Gasteiger partial charge in [-0.1, -0.05) is 24.3 Å². The fourth-order valence-electron chi connectivity index (χ4n) is 4.88. The van der Waals surface area contributed by atoms with Gasteiger partial charge in [0, 0.05) is 81.9 Å². The van der Waals surface area contributed by atoms with Crippen molar-refractivity contribution < 1.29 is 35.8 Å². The van der Waals surface area contributed by atoms with E-state index in [4.69, 9.17) is 4.74 Å². The van der Waals surface area contributed by atoms with Crippen molar-refractivity contribution in [2.75, 3.05) is 12.4 Å². The van der Waals surface area contributed by atoms with Gasteiger partial charge in [0.2, 0.25) is 0 Å². The number of fused-ring (bicyclic) bond motifs is 1. The Morgan fingerprint density at radius 2 is 1.27 bits per heavy atom. The largest absolute Gasteiger partial charge is 0.505 e. The van der Waals surface area contributed by atoms with Crippen molar-refractivity contribution in [1.29, 1.82) is 0 Å². The molecule has 5 aromatic rings. The van der Waals surface area contributed by atoms with Gasteiger partial charge in [0.1, 0.15) is 32.6 Å². The minimum atomic E-state index is -4.86. The third-order valence-electron chi connectivity index (χ3n) is 7.09. The quantitative estimate of drug-likeness (QED) is 0.0666. The molecule has 244 valence electrons. The zero-order valence-corrected chi connectivity index (χ0v) is 33.1. The summed E-state index contributed by atoms with van der Waals surface area (Å²) in [7, 11) is -8.09. The van der Waals surface area contributed by atoms with E-state index in [0.717, 1.165) is 5.69 Å². The molecule has 5 aromatic carbocycles. The number of hydrogen-bond donors (Lipinski definition) is 4. The summed E-state index contributed by atoms with van der Waals surface area (Å²) < 4.78 is 73.9. The van der Waals surface area contributed by atoms with Crippen LogP contribution in [0.2, 0.25) is 0 Å². The molecular weight excluding hydrogens is 692 g/mol. The smallest absolute Gasteiger partial charge is 0.296 e. The monoisotopic (exact) mass is 721 g/mol. The fourth-order valence-corrected chi connectivity index (χ4v) is 6.31. The van der Waals surface area contributed by atoms with Crippen molar-refractivity contribution in [1.82, 2.24) is 0 Å². The van der Waals surface area contributed by atoms with E-state index >= 15 is 0 Å². The molecule has 0 aromatic heterocycles. The molecule has 0 atom stereocenters. The Labute approximate surface area is 327 Å². The molecule has 4 N–H and O–H groups in total. The summed E-state index contributed by atoms with van der Waals surface area (Å²) in [6.07, 6.45) is 0. The summed E-state index contributed by atoms with van der Waals surface area (Å²) in [5.74, 6) is -0.386. The van der Waals surface area contributed by atoms with E-state index in [-0.39, 0.29) is 92.2 Å². The molecule has 0 aliphatic heterocycles. The number of phenolic OH excluding ortho intramolecular Hbond substituents is 1. The zero-order valence-electron chi connectivity index (χ0n) is 27.5. The summed E-state index contributed by atoms with van der Waals surface area (Å²) in [6.45, 7) is 4.98. The van der Waals surface area contributed by atoms with Crippen LogP contribution in [0.3, 0.4) is 0 Å². The van der Waals surface area contributed by atoms with Crippen LogP contribution in [-0.2, 0) is 20.2 Å². The van der Waals surface area contributed by atoms with Gasteiger partial charge in [0.25, 0.3) is 20.2 Å². The summed E-state index contributed by atoms with van der Waals surface area (Å²) in [5.41, 5.74) is 2.87. The van der Waals surface area contributed by atoms with E-state index in [1.165, 1.54) is 31.4 Å². The van der Waals surface area contributed by atoms with Crippen LogP contribution in [0.25, 0.3) is 10.8 Å². The van der Waals surface area contributed by atoms with E-state index in [1.807, 2.05) is 30.3 Å². The van der Waals surface area contributed by atoms with Crippen LogP contribution < -0.4 is 10.1 Å². The molecule has 17 heteroatoms. The average Bonchev–Trinajstić information content (AvgIpc) is 3.00. The van der Waals surface area contributed by atoms with Crippen LogP contribution in [0.1, 0.15) is 16.7 Å². The molecule has 2 radical (unpaired) electrons. The molecule has 0 saturated heterocycles. The van der Waals surface area contributed by atoms with E-state index in [1.54, 1.807) is 45.0 Å². The average molecular weight is 722 g/mol. The number of azo groups is 2. The number of benzene rings is 5. The number of hydrogen-bond acceptors (Lipinski definition) is 11. The Kier molecular flexibility index (Phi) is 13.3. The predicted molar refractivity (Wildman–Crippen MR) is 188 cm³/mol. The topological polar surface area (TPSA) is 200 Å². The van der Waals surface area contributed by atoms with Crippen LogP contribution in [-0.4, -0.2) is 97.3 Å². The van der Waals surface area contributed by atoms with Crippen LogP contribution in [0.5, 0.6) is 11.5 Å². The third-order valence-corrected chi connectivity index (χ3v) is 8.83. The number of phenols is 1. The van der Waals surface area contributed by atoms with Gasteiger partial charge in [-0.15, -0.1) is 15.3 Å². The second kappa shape index (κ2) is 16.2. The van der Waals surface area contributed by atoms with Gasteiger partial charge in [-0.05, 0) is 91.4 Å². The maximum absolute atomic E-state index is 12.4. The second-order valence-electron chi connectivity index (χ2n) is 10.6. The van der Waals surface area contributed by atoms with Crippen LogP contribution >= 0.6 is 0 Å². The number of nitrogens with zero attached hydrogens (tertiary/aromatic N) is 4. The van der Waals surface area contributed by atoms with Gasteiger partial charge < -0.3 is 15.2 Å². The Morgan fingerprint density at radius 3 is 1.90 bits per heavy atom. The molecule has 0 amide bonds. The molecular formula is C32H29N5Na2O8S2. The summed E-state index contributed by atoms with van der Waals surface area (Å²) >= 11 is 0. The van der Waals surface area contributed by atoms with Gasteiger partial charge in [-0.2, -0.15) is 21.9 Å². The molecule has 0 bridgehead atoms. The van der Waals surface area contributed by atoms with E-state index in [9.17, 15) is 31.0 Å². The zero-order chi connectivity index (χ0) is 34.1. The van der Waals surface area contributed by atoms with Gasteiger partial charge in [-0.25, -0.2) is 0 Å². The maximum atomic E-state index is 12.4. The predicted octanol–water partition coefficient (Wildman–Crippen LogP) is 7.79. The Morgan fingerprint density at radius 1 is 0.653 bits per heavy atom. The van der Waals surface area contributed by atoms with Crippen molar-refractivity contribution in [3.63, 3.8) is 0 Å². The van der Waals surface area contributed by atoms with Gasteiger partial charge in [-0.3, -0.25) is 9.11 Å². The maximum Gasteiger partial charge on any atom is 0.296 e. The molecule has 0 aliphatic rings. The first-order chi connectivity index (χ1) is 22.2. The molecule has 0 spiro atoms. The Balaban J connectivity index is 0.00000325.